The smallest absolute Gasteiger partial charge is 0.354 e. The minimum atomic E-state index is -0.626. The van der Waals surface area contributed by atoms with Gasteiger partial charge in [-0.05, 0) is 18.1 Å². The summed E-state index contributed by atoms with van der Waals surface area (Å²) in [5, 5.41) is 10.2. The quantitative estimate of drug-likeness (QED) is 0.449. The van der Waals surface area contributed by atoms with Gasteiger partial charge in [-0.1, -0.05) is 18.2 Å². The van der Waals surface area contributed by atoms with Crippen LogP contribution in [-0.2, 0) is 31.0 Å². The number of ether oxygens (including phenoxy) is 4. The van der Waals surface area contributed by atoms with Crippen molar-refractivity contribution in [1.29, 1.82) is 0 Å². The van der Waals surface area contributed by atoms with E-state index in [4.69, 9.17) is 18.9 Å². The first kappa shape index (κ1) is 20.3. The van der Waals surface area contributed by atoms with Gasteiger partial charge in [0.15, 0.2) is 11.5 Å². The molecule has 1 spiro atoms. The Morgan fingerprint density at radius 2 is 2.07 bits per heavy atom. The SMILES string of the molecule is COC(=O)/C=C(\C(=O)OC)N1CCC23C=C[C@H](O)CC2Oc2c(OC)ccc(c23)C1. The van der Waals surface area contributed by atoms with E-state index in [-0.39, 0.29) is 11.8 Å². The van der Waals surface area contributed by atoms with Gasteiger partial charge in [-0.15, -0.1) is 0 Å². The number of aliphatic hydroxyl groups excluding tert-OH is 1. The second-order valence-corrected chi connectivity index (χ2v) is 7.66. The first-order valence-electron chi connectivity index (χ1n) is 9.81. The van der Waals surface area contributed by atoms with Crippen LogP contribution in [0.4, 0.5) is 0 Å². The van der Waals surface area contributed by atoms with E-state index < -0.39 is 23.5 Å². The molecule has 1 aromatic rings. The molecule has 160 valence electrons. The zero-order valence-electron chi connectivity index (χ0n) is 17.2. The zero-order valence-corrected chi connectivity index (χ0v) is 17.2. The van der Waals surface area contributed by atoms with E-state index in [1.54, 1.807) is 13.2 Å². The number of aliphatic hydroxyl groups is 1. The van der Waals surface area contributed by atoms with Crippen LogP contribution in [0.15, 0.2) is 36.1 Å². The lowest BCUT2D eigenvalue weighted by Gasteiger charge is -2.36. The maximum absolute atomic E-state index is 12.4. The molecule has 0 amide bonds. The molecule has 0 aromatic heterocycles. The summed E-state index contributed by atoms with van der Waals surface area (Å²) in [6.45, 7) is 0.868. The summed E-state index contributed by atoms with van der Waals surface area (Å²) in [7, 11) is 4.14. The number of carbonyl (C=O) groups is 2. The van der Waals surface area contributed by atoms with Crippen LogP contribution in [0, 0.1) is 0 Å². The lowest BCUT2D eigenvalue weighted by molar-refractivity contribution is -0.140. The van der Waals surface area contributed by atoms with Crippen molar-refractivity contribution in [2.45, 2.75) is 37.0 Å². The van der Waals surface area contributed by atoms with E-state index in [0.29, 0.717) is 37.4 Å². The van der Waals surface area contributed by atoms with E-state index in [9.17, 15) is 14.7 Å². The Bertz CT molecular complexity index is 938. The van der Waals surface area contributed by atoms with Crippen LogP contribution >= 0.6 is 0 Å². The highest BCUT2D eigenvalue weighted by molar-refractivity contribution is 5.95. The second-order valence-electron chi connectivity index (χ2n) is 7.66. The molecule has 0 saturated heterocycles. The van der Waals surface area contributed by atoms with E-state index in [1.807, 2.05) is 23.1 Å². The molecule has 1 aromatic carbocycles. The molecule has 8 heteroatoms. The molecule has 2 aliphatic heterocycles. The maximum atomic E-state index is 12.4. The van der Waals surface area contributed by atoms with Crippen molar-refractivity contribution in [3.8, 4) is 11.5 Å². The van der Waals surface area contributed by atoms with Crippen molar-refractivity contribution < 1.29 is 33.6 Å². The standard InChI is InChI=1S/C22H25NO7/c1-27-16-5-4-13-12-23(15(21(26)29-3)11-18(25)28-2)9-8-22-7-6-14(24)10-17(22)30-20(16)19(13)22/h4-7,11,14,17,24H,8-10,12H2,1-3H3/b15-11+/t14-,17?,22?/m0/s1. The molecule has 0 bridgehead atoms. The van der Waals surface area contributed by atoms with Crippen LogP contribution in [0.1, 0.15) is 24.0 Å². The third-order valence-electron chi connectivity index (χ3n) is 6.15. The number of hydrogen-bond donors (Lipinski definition) is 1. The topological polar surface area (TPSA) is 94.5 Å². The molecule has 3 aliphatic rings. The Morgan fingerprint density at radius 1 is 1.27 bits per heavy atom. The highest BCUT2D eigenvalue weighted by Gasteiger charge is 2.53. The fraction of sp³-hybridized carbons (Fsp3) is 0.455. The Hall–Kier alpha value is -3.00. The van der Waals surface area contributed by atoms with Crippen molar-refractivity contribution in [2.75, 3.05) is 27.9 Å². The summed E-state index contributed by atoms with van der Waals surface area (Å²) in [5.74, 6) is 0.0828. The normalized spacial score (nSPS) is 26.8. The number of esters is 2. The van der Waals surface area contributed by atoms with E-state index in [0.717, 1.165) is 17.2 Å². The van der Waals surface area contributed by atoms with E-state index in [1.165, 1.54) is 14.2 Å². The zero-order chi connectivity index (χ0) is 21.5. The number of methoxy groups -OCH3 is 3. The number of nitrogens with zero attached hydrogens (tertiary/aromatic N) is 1. The number of benzene rings is 1. The monoisotopic (exact) mass is 415 g/mol. The highest BCUT2D eigenvalue weighted by Crippen LogP contribution is 2.55. The summed E-state index contributed by atoms with van der Waals surface area (Å²) in [6, 6.07) is 3.79. The molecule has 0 saturated carbocycles. The average Bonchev–Trinajstić information content (AvgIpc) is 2.99. The van der Waals surface area contributed by atoms with Gasteiger partial charge >= 0.3 is 11.9 Å². The Morgan fingerprint density at radius 3 is 2.77 bits per heavy atom. The van der Waals surface area contributed by atoms with Crippen LogP contribution in [0.25, 0.3) is 0 Å². The van der Waals surface area contributed by atoms with Crippen LogP contribution in [0.5, 0.6) is 11.5 Å². The Labute approximate surface area is 174 Å². The molecule has 8 nitrogen and oxygen atoms in total. The predicted octanol–water partition coefficient (Wildman–Crippen LogP) is 1.45. The van der Waals surface area contributed by atoms with Crippen molar-refractivity contribution >= 4 is 11.9 Å². The van der Waals surface area contributed by atoms with Gasteiger partial charge in [-0.25, -0.2) is 9.59 Å². The first-order chi connectivity index (χ1) is 14.4. The van der Waals surface area contributed by atoms with Crippen molar-refractivity contribution in [3.63, 3.8) is 0 Å². The maximum Gasteiger partial charge on any atom is 0.354 e. The molecular weight excluding hydrogens is 390 g/mol. The molecule has 1 N–H and O–H groups in total. The van der Waals surface area contributed by atoms with Gasteiger partial charge in [0, 0.05) is 25.1 Å². The molecule has 2 heterocycles. The molecule has 4 rings (SSSR count). The molecule has 3 atom stereocenters. The number of carbonyl (C=O) groups excluding carboxylic acids is 2. The fourth-order valence-electron chi connectivity index (χ4n) is 4.70. The minimum Gasteiger partial charge on any atom is -0.493 e. The predicted molar refractivity (Wildman–Crippen MR) is 106 cm³/mol. The second kappa shape index (κ2) is 7.68. The van der Waals surface area contributed by atoms with Crippen LogP contribution in [-0.4, -0.2) is 62.0 Å². The fourth-order valence-corrected chi connectivity index (χ4v) is 4.70. The molecular formula is C22H25NO7. The molecule has 2 unspecified atom stereocenters. The van der Waals surface area contributed by atoms with Gasteiger partial charge in [0.1, 0.15) is 11.8 Å². The number of rotatable bonds is 4. The van der Waals surface area contributed by atoms with Gasteiger partial charge in [0.05, 0.1) is 38.9 Å². The summed E-state index contributed by atoms with van der Waals surface area (Å²) >= 11 is 0. The first-order valence-corrected chi connectivity index (χ1v) is 9.81. The molecule has 0 fully saturated rings. The third kappa shape index (κ3) is 3.11. The number of hydrogen-bond acceptors (Lipinski definition) is 8. The summed E-state index contributed by atoms with van der Waals surface area (Å²) in [6.07, 6.45) is 5.26. The summed E-state index contributed by atoms with van der Waals surface area (Å²) in [4.78, 5) is 26.2. The largest absolute Gasteiger partial charge is 0.493 e. The van der Waals surface area contributed by atoms with Crippen LogP contribution in [0.3, 0.4) is 0 Å². The van der Waals surface area contributed by atoms with Gasteiger partial charge < -0.3 is 29.0 Å². The van der Waals surface area contributed by atoms with Crippen molar-refractivity contribution in [1.82, 2.24) is 4.90 Å². The molecule has 30 heavy (non-hydrogen) atoms. The highest BCUT2D eigenvalue weighted by atomic mass is 16.5. The van der Waals surface area contributed by atoms with Crippen molar-refractivity contribution in [2.24, 2.45) is 0 Å². The minimum absolute atomic E-state index is 0.141. The lowest BCUT2D eigenvalue weighted by Crippen LogP contribution is -2.43. The summed E-state index contributed by atoms with van der Waals surface area (Å²) in [5.41, 5.74) is 1.67. The Balaban J connectivity index is 1.82. The summed E-state index contributed by atoms with van der Waals surface area (Å²) < 4.78 is 21.4. The van der Waals surface area contributed by atoms with E-state index >= 15 is 0 Å². The van der Waals surface area contributed by atoms with Gasteiger partial charge in [-0.2, -0.15) is 0 Å². The van der Waals surface area contributed by atoms with Gasteiger partial charge in [0.25, 0.3) is 0 Å². The van der Waals surface area contributed by atoms with Crippen LogP contribution in [0.2, 0.25) is 0 Å². The molecule has 0 radical (unpaired) electrons. The van der Waals surface area contributed by atoms with Gasteiger partial charge in [-0.3, -0.25) is 0 Å². The van der Waals surface area contributed by atoms with Gasteiger partial charge in [0.2, 0.25) is 0 Å². The lowest BCUT2D eigenvalue weighted by atomic mass is 9.69. The Kier molecular flexibility index (Phi) is 5.19. The van der Waals surface area contributed by atoms with Crippen LogP contribution < -0.4 is 9.47 Å². The third-order valence-corrected chi connectivity index (χ3v) is 6.15. The van der Waals surface area contributed by atoms with Crippen molar-refractivity contribution in [3.05, 3.63) is 47.2 Å². The molecule has 1 aliphatic carbocycles. The van der Waals surface area contributed by atoms with E-state index in [2.05, 4.69) is 0 Å². The average molecular weight is 415 g/mol.